The van der Waals surface area contributed by atoms with Crippen molar-refractivity contribution >= 4 is 0 Å². The van der Waals surface area contributed by atoms with Gasteiger partial charge in [-0.1, -0.05) is 50.6 Å². The lowest BCUT2D eigenvalue weighted by molar-refractivity contribution is 0.659. The van der Waals surface area contributed by atoms with Gasteiger partial charge in [-0.3, -0.25) is 0 Å². The van der Waals surface area contributed by atoms with Crippen LogP contribution in [0.1, 0.15) is 25.8 Å². The molecule has 1 radical (unpaired) electrons. The van der Waals surface area contributed by atoms with Gasteiger partial charge < -0.3 is 0 Å². The van der Waals surface area contributed by atoms with E-state index in [1.807, 2.05) is 6.07 Å². The zero-order valence-corrected chi connectivity index (χ0v) is 7.25. The van der Waals surface area contributed by atoms with Crippen LogP contribution in [0.4, 0.5) is 0 Å². The standard InChI is InChI=1S/C11H15/c1-3-10(2)9-11-7-5-4-6-8-11/h4-10H,3H2,1-2H3. The largest absolute Gasteiger partial charge is 0.0651 e. The Morgan fingerprint density at radius 1 is 1.27 bits per heavy atom. The second kappa shape index (κ2) is 4.17. The van der Waals surface area contributed by atoms with Gasteiger partial charge in [-0.15, -0.1) is 0 Å². The summed E-state index contributed by atoms with van der Waals surface area (Å²) in [5.74, 6) is 0.692. The molecule has 0 spiro atoms. The molecule has 0 aliphatic heterocycles. The molecule has 0 fully saturated rings. The van der Waals surface area contributed by atoms with Crippen molar-refractivity contribution in [1.29, 1.82) is 0 Å². The van der Waals surface area contributed by atoms with E-state index in [0.717, 1.165) is 0 Å². The van der Waals surface area contributed by atoms with Crippen LogP contribution in [0, 0.1) is 12.3 Å². The van der Waals surface area contributed by atoms with E-state index < -0.39 is 0 Å². The topological polar surface area (TPSA) is 0 Å². The number of benzene rings is 1. The number of rotatable bonds is 3. The Hall–Kier alpha value is -0.780. The highest BCUT2D eigenvalue weighted by Gasteiger charge is 1.99. The van der Waals surface area contributed by atoms with Gasteiger partial charge in [0.1, 0.15) is 0 Å². The van der Waals surface area contributed by atoms with Crippen molar-refractivity contribution < 1.29 is 0 Å². The minimum absolute atomic E-state index is 0.692. The maximum atomic E-state index is 2.31. The van der Waals surface area contributed by atoms with E-state index in [-0.39, 0.29) is 0 Å². The average molecular weight is 147 g/mol. The van der Waals surface area contributed by atoms with Crippen LogP contribution in [0.25, 0.3) is 0 Å². The molecule has 1 unspecified atom stereocenters. The molecule has 1 aromatic carbocycles. The fourth-order valence-corrected chi connectivity index (χ4v) is 1.01. The summed E-state index contributed by atoms with van der Waals surface area (Å²) in [6.45, 7) is 4.46. The van der Waals surface area contributed by atoms with Crippen molar-refractivity contribution in [3.63, 3.8) is 0 Å². The molecule has 1 rings (SSSR count). The van der Waals surface area contributed by atoms with Crippen molar-refractivity contribution in [1.82, 2.24) is 0 Å². The van der Waals surface area contributed by atoms with Gasteiger partial charge in [-0.05, 0) is 17.9 Å². The van der Waals surface area contributed by atoms with Gasteiger partial charge in [0, 0.05) is 0 Å². The van der Waals surface area contributed by atoms with E-state index in [1.165, 1.54) is 12.0 Å². The van der Waals surface area contributed by atoms with Crippen molar-refractivity contribution in [2.24, 2.45) is 5.92 Å². The molecule has 0 nitrogen and oxygen atoms in total. The second-order valence-electron chi connectivity index (χ2n) is 2.96. The minimum atomic E-state index is 0.692. The summed E-state index contributed by atoms with van der Waals surface area (Å²) in [5.41, 5.74) is 1.34. The molecule has 0 aliphatic rings. The highest BCUT2D eigenvalue weighted by molar-refractivity contribution is 5.22. The summed E-state index contributed by atoms with van der Waals surface area (Å²) in [4.78, 5) is 0. The SMILES string of the molecule is CCC(C)[CH]c1ccccc1. The van der Waals surface area contributed by atoms with Gasteiger partial charge in [-0.25, -0.2) is 0 Å². The first-order chi connectivity index (χ1) is 5.33. The summed E-state index contributed by atoms with van der Waals surface area (Å²) in [6.07, 6.45) is 3.52. The van der Waals surface area contributed by atoms with Crippen LogP contribution in [0.15, 0.2) is 30.3 Å². The maximum absolute atomic E-state index is 2.31. The lowest BCUT2D eigenvalue weighted by Crippen LogP contribution is -1.93. The predicted molar refractivity (Wildman–Crippen MR) is 49.3 cm³/mol. The van der Waals surface area contributed by atoms with Gasteiger partial charge in [0.25, 0.3) is 0 Å². The van der Waals surface area contributed by atoms with Crippen molar-refractivity contribution in [3.05, 3.63) is 42.3 Å². The molecule has 0 saturated carbocycles. The lowest BCUT2D eigenvalue weighted by atomic mass is 9.99. The Morgan fingerprint density at radius 3 is 2.45 bits per heavy atom. The molecule has 11 heavy (non-hydrogen) atoms. The Balaban J connectivity index is 2.51. The second-order valence-corrected chi connectivity index (χ2v) is 2.96. The van der Waals surface area contributed by atoms with Crippen molar-refractivity contribution in [2.45, 2.75) is 20.3 Å². The average Bonchev–Trinajstić information content (AvgIpc) is 2.06. The molecule has 59 valence electrons. The zero-order valence-electron chi connectivity index (χ0n) is 7.25. The molecule has 0 aliphatic carbocycles. The maximum Gasteiger partial charge on any atom is -0.00649 e. The van der Waals surface area contributed by atoms with E-state index in [9.17, 15) is 0 Å². The van der Waals surface area contributed by atoms with Crippen LogP contribution in [-0.2, 0) is 0 Å². The van der Waals surface area contributed by atoms with Crippen LogP contribution in [0.3, 0.4) is 0 Å². The van der Waals surface area contributed by atoms with Crippen LogP contribution in [0.2, 0.25) is 0 Å². The van der Waals surface area contributed by atoms with Gasteiger partial charge in [0.15, 0.2) is 0 Å². The first-order valence-electron chi connectivity index (χ1n) is 4.23. The Labute approximate surface area is 69.3 Å². The minimum Gasteiger partial charge on any atom is -0.0651 e. The number of hydrogen-bond acceptors (Lipinski definition) is 0. The van der Waals surface area contributed by atoms with Gasteiger partial charge in [-0.2, -0.15) is 0 Å². The third-order valence-corrected chi connectivity index (χ3v) is 1.92. The molecule has 1 atom stereocenters. The van der Waals surface area contributed by atoms with Crippen LogP contribution in [-0.4, -0.2) is 0 Å². The van der Waals surface area contributed by atoms with Gasteiger partial charge in [0.05, 0.1) is 0 Å². The summed E-state index contributed by atoms with van der Waals surface area (Å²) < 4.78 is 0. The smallest absolute Gasteiger partial charge is 0.00649 e. The third-order valence-electron chi connectivity index (χ3n) is 1.92. The fraction of sp³-hybridized carbons (Fsp3) is 0.364. The summed E-state index contributed by atoms with van der Waals surface area (Å²) in [7, 11) is 0. The van der Waals surface area contributed by atoms with E-state index >= 15 is 0 Å². The van der Waals surface area contributed by atoms with Crippen LogP contribution >= 0.6 is 0 Å². The fourth-order valence-electron chi connectivity index (χ4n) is 1.01. The van der Waals surface area contributed by atoms with Crippen molar-refractivity contribution in [3.8, 4) is 0 Å². The van der Waals surface area contributed by atoms with E-state index in [4.69, 9.17) is 0 Å². The summed E-state index contributed by atoms with van der Waals surface area (Å²) in [5, 5.41) is 0. The summed E-state index contributed by atoms with van der Waals surface area (Å²) >= 11 is 0. The molecular weight excluding hydrogens is 132 g/mol. The van der Waals surface area contributed by atoms with E-state index in [2.05, 4.69) is 44.5 Å². The Morgan fingerprint density at radius 2 is 1.91 bits per heavy atom. The van der Waals surface area contributed by atoms with Gasteiger partial charge >= 0.3 is 0 Å². The molecule has 0 bridgehead atoms. The molecule has 0 saturated heterocycles. The Kier molecular flexibility index (Phi) is 3.15. The molecule has 0 aromatic heterocycles. The third kappa shape index (κ3) is 2.75. The first-order valence-corrected chi connectivity index (χ1v) is 4.23. The molecule has 0 N–H and O–H groups in total. The highest BCUT2D eigenvalue weighted by Crippen LogP contribution is 2.12. The zero-order chi connectivity index (χ0) is 8.10. The van der Waals surface area contributed by atoms with Crippen molar-refractivity contribution in [2.75, 3.05) is 0 Å². The summed E-state index contributed by atoms with van der Waals surface area (Å²) in [6, 6.07) is 10.5. The quantitative estimate of drug-likeness (QED) is 0.615. The van der Waals surface area contributed by atoms with Crippen LogP contribution in [0.5, 0.6) is 0 Å². The molecular formula is C11H15. The molecule has 0 amide bonds. The van der Waals surface area contributed by atoms with Gasteiger partial charge in [0.2, 0.25) is 0 Å². The van der Waals surface area contributed by atoms with E-state index in [0.29, 0.717) is 5.92 Å². The predicted octanol–water partition coefficient (Wildman–Crippen LogP) is 3.29. The normalized spacial score (nSPS) is 12.9. The van der Waals surface area contributed by atoms with Crippen LogP contribution < -0.4 is 0 Å². The molecule has 0 heteroatoms. The highest BCUT2D eigenvalue weighted by atomic mass is 14.0. The first kappa shape index (κ1) is 8.32. The lowest BCUT2D eigenvalue weighted by Gasteiger charge is -2.06. The molecule has 0 heterocycles. The van der Waals surface area contributed by atoms with E-state index in [1.54, 1.807) is 0 Å². The number of hydrogen-bond donors (Lipinski definition) is 0. The Bertz CT molecular complexity index is 188. The monoisotopic (exact) mass is 147 g/mol. The molecule has 1 aromatic rings.